The molecule has 0 aromatic carbocycles. The fourth-order valence-corrected chi connectivity index (χ4v) is 1.61. The van der Waals surface area contributed by atoms with E-state index in [4.69, 9.17) is 0 Å². The molecule has 5 nitrogen and oxygen atoms in total. The second-order valence-corrected chi connectivity index (χ2v) is 3.75. The molecule has 17 heavy (non-hydrogen) atoms. The van der Waals surface area contributed by atoms with E-state index in [2.05, 4.69) is 34.1 Å². The second-order valence-electron chi connectivity index (χ2n) is 3.75. The molecule has 0 spiro atoms. The smallest absolute Gasteiger partial charge is 0.160 e. The van der Waals surface area contributed by atoms with Crippen molar-refractivity contribution < 1.29 is 0 Å². The van der Waals surface area contributed by atoms with Gasteiger partial charge in [-0.05, 0) is 13.3 Å². The van der Waals surface area contributed by atoms with Gasteiger partial charge in [-0.1, -0.05) is 6.92 Å². The average molecular weight is 231 g/mol. The van der Waals surface area contributed by atoms with E-state index >= 15 is 0 Å². The second kappa shape index (κ2) is 5.43. The number of aryl methyl sites for hydroxylation is 1. The Balaban J connectivity index is 2.26. The van der Waals surface area contributed by atoms with Gasteiger partial charge in [0.15, 0.2) is 5.82 Å². The first-order valence-corrected chi connectivity index (χ1v) is 5.92. The van der Waals surface area contributed by atoms with Gasteiger partial charge in [0.05, 0.1) is 12.4 Å². The number of rotatable bonds is 5. The number of imidazole rings is 1. The van der Waals surface area contributed by atoms with E-state index in [0.717, 1.165) is 36.8 Å². The first kappa shape index (κ1) is 11.6. The zero-order valence-electron chi connectivity index (χ0n) is 10.2. The van der Waals surface area contributed by atoms with E-state index in [1.807, 2.05) is 10.8 Å². The monoisotopic (exact) mass is 231 g/mol. The first-order valence-electron chi connectivity index (χ1n) is 5.92. The molecule has 0 aliphatic carbocycles. The summed E-state index contributed by atoms with van der Waals surface area (Å²) >= 11 is 0. The van der Waals surface area contributed by atoms with E-state index in [-0.39, 0.29) is 0 Å². The van der Waals surface area contributed by atoms with Crippen molar-refractivity contribution in [2.45, 2.75) is 26.8 Å². The Kier molecular flexibility index (Phi) is 3.69. The van der Waals surface area contributed by atoms with Crippen molar-refractivity contribution in [3.8, 4) is 11.5 Å². The molecule has 0 saturated heterocycles. The highest BCUT2D eigenvalue weighted by Gasteiger charge is 2.07. The van der Waals surface area contributed by atoms with Gasteiger partial charge in [-0.25, -0.2) is 9.97 Å². The van der Waals surface area contributed by atoms with Crippen molar-refractivity contribution in [2.75, 3.05) is 11.9 Å². The number of nitrogens with one attached hydrogen (secondary N) is 1. The highest BCUT2D eigenvalue weighted by Crippen LogP contribution is 2.15. The zero-order valence-corrected chi connectivity index (χ0v) is 10.2. The number of anilines is 1. The molecule has 0 aliphatic heterocycles. The van der Waals surface area contributed by atoms with Gasteiger partial charge in [0, 0.05) is 25.5 Å². The minimum atomic E-state index is 0.801. The standard InChI is InChI=1S/C12H17N5/c1-3-5-14-11-9-13-8-10(16-11)12-15-6-7-17(12)4-2/h6-9H,3-5H2,1-2H3,(H,14,16). The quantitative estimate of drug-likeness (QED) is 0.857. The summed E-state index contributed by atoms with van der Waals surface area (Å²) in [6.07, 6.45) is 8.27. The van der Waals surface area contributed by atoms with Crippen molar-refractivity contribution in [2.24, 2.45) is 0 Å². The molecule has 0 radical (unpaired) electrons. The van der Waals surface area contributed by atoms with Gasteiger partial charge in [-0.15, -0.1) is 0 Å². The summed E-state index contributed by atoms with van der Waals surface area (Å²) in [6.45, 7) is 5.98. The molecule has 2 heterocycles. The molecule has 0 aliphatic rings. The van der Waals surface area contributed by atoms with Crippen LogP contribution >= 0.6 is 0 Å². The molecule has 90 valence electrons. The summed E-state index contributed by atoms with van der Waals surface area (Å²) in [5, 5.41) is 3.22. The van der Waals surface area contributed by atoms with E-state index in [1.54, 1.807) is 18.6 Å². The lowest BCUT2D eigenvalue weighted by atomic mass is 10.4. The van der Waals surface area contributed by atoms with Crippen LogP contribution in [0.5, 0.6) is 0 Å². The van der Waals surface area contributed by atoms with Crippen LogP contribution in [-0.2, 0) is 6.54 Å². The van der Waals surface area contributed by atoms with Gasteiger partial charge in [0.1, 0.15) is 11.5 Å². The molecule has 0 saturated carbocycles. The summed E-state index contributed by atoms with van der Waals surface area (Å²) in [5.41, 5.74) is 0.804. The third-order valence-electron chi connectivity index (χ3n) is 2.48. The minimum Gasteiger partial charge on any atom is -0.369 e. The normalized spacial score (nSPS) is 10.5. The maximum Gasteiger partial charge on any atom is 0.160 e. The molecular weight excluding hydrogens is 214 g/mol. The van der Waals surface area contributed by atoms with Crippen LogP contribution in [0, 0.1) is 0 Å². The third-order valence-corrected chi connectivity index (χ3v) is 2.48. The largest absolute Gasteiger partial charge is 0.369 e. The Morgan fingerprint density at radius 3 is 2.94 bits per heavy atom. The Hall–Kier alpha value is -1.91. The van der Waals surface area contributed by atoms with Gasteiger partial charge in [0.2, 0.25) is 0 Å². The van der Waals surface area contributed by atoms with Crippen molar-refractivity contribution in [1.29, 1.82) is 0 Å². The van der Waals surface area contributed by atoms with Crippen LogP contribution in [0.2, 0.25) is 0 Å². The van der Waals surface area contributed by atoms with Gasteiger partial charge in [-0.3, -0.25) is 4.98 Å². The van der Waals surface area contributed by atoms with Crippen molar-refractivity contribution >= 4 is 5.82 Å². The van der Waals surface area contributed by atoms with E-state index in [0.29, 0.717) is 0 Å². The molecule has 0 fully saturated rings. The summed E-state index contributed by atoms with van der Waals surface area (Å²) in [4.78, 5) is 13.0. The van der Waals surface area contributed by atoms with E-state index in [1.165, 1.54) is 0 Å². The average Bonchev–Trinajstić information content (AvgIpc) is 2.85. The SMILES string of the molecule is CCCNc1cncc(-c2nccn2CC)n1. The lowest BCUT2D eigenvalue weighted by Crippen LogP contribution is -2.04. The van der Waals surface area contributed by atoms with Gasteiger partial charge >= 0.3 is 0 Å². The number of hydrogen-bond donors (Lipinski definition) is 1. The van der Waals surface area contributed by atoms with Gasteiger partial charge in [0.25, 0.3) is 0 Å². The summed E-state index contributed by atoms with van der Waals surface area (Å²) in [7, 11) is 0. The van der Waals surface area contributed by atoms with Crippen LogP contribution in [0.1, 0.15) is 20.3 Å². The van der Waals surface area contributed by atoms with Crippen molar-refractivity contribution in [1.82, 2.24) is 19.5 Å². The summed E-state index contributed by atoms with van der Waals surface area (Å²) in [6, 6.07) is 0. The fraction of sp³-hybridized carbons (Fsp3) is 0.417. The van der Waals surface area contributed by atoms with E-state index < -0.39 is 0 Å². The number of aromatic nitrogens is 4. The summed E-state index contributed by atoms with van der Waals surface area (Å²) in [5.74, 6) is 1.66. The molecular formula is C12H17N5. The molecule has 0 atom stereocenters. The molecule has 0 bridgehead atoms. The van der Waals surface area contributed by atoms with E-state index in [9.17, 15) is 0 Å². The molecule has 2 rings (SSSR count). The van der Waals surface area contributed by atoms with Gasteiger partial charge in [-0.2, -0.15) is 0 Å². The predicted octanol–water partition coefficient (Wildman–Crippen LogP) is 2.18. The highest BCUT2D eigenvalue weighted by atomic mass is 15.1. The maximum absolute atomic E-state index is 4.50. The van der Waals surface area contributed by atoms with Crippen molar-refractivity contribution in [3.63, 3.8) is 0 Å². The van der Waals surface area contributed by atoms with Crippen LogP contribution in [0.3, 0.4) is 0 Å². The van der Waals surface area contributed by atoms with Gasteiger partial charge < -0.3 is 9.88 Å². The number of hydrogen-bond acceptors (Lipinski definition) is 4. The Labute approximate surface area is 101 Å². The Morgan fingerprint density at radius 1 is 1.29 bits per heavy atom. The van der Waals surface area contributed by atoms with Crippen LogP contribution in [0.25, 0.3) is 11.5 Å². The molecule has 0 amide bonds. The van der Waals surface area contributed by atoms with Crippen LogP contribution in [-0.4, -0.2) is 26.1 Å². The third kappa shape index (κ3) is 2.61. The molecule has 2 aromatic heterocycles. The Bertz CT molecular complexity index is 477. The zero-order chi connectivity index (χ0) is 12.1. The fourth-order valence-electron chi connectivity index (χ4n) is 1.61. The lowest BCUT2D eigenvalue weighted by molar-refractivity contribution is 0.767. The maximum atomic E-state index is 4.50. The lowest BCUT2D eigenvalue weighted by Gasteiger charge is -2.06. The number of nitrogens with zero attached hydrogens (tertiary/aromatic N) is 4. The summed E-state index contributed by atoms with van der Waals surface area (Å²) < 4.78 is 2.05. The first-order chi connectivity index (χ1) is 8.35. The molecule has 1 N–H and O–H groups in total. The molecule has 0 unspecified atom stereocenters. The predicted molar refractivity (Wildman–Crippen MR) is 67.7 cm³/mol. The van der Waals surface area contributed by atoms with Crippen LogP contribution in [0.15, 0.2) is 24.8 Å². The minimum absolute atomic E-state index is 0.801. The highest BCUT2D eigenvalue weighted by molar-refractivity contribution is 5.51. The van der Waals surface area contributed by atoms with Crippen LogP contribution < -0.4 is 5.32 Å². The van der Waals surface area contributed by atoms with Crippen LogP contribution in [0.4, 0.5) is 5.82 Å². The molecule has 5 heteroatoms. The Morgan fingerprint density at radius 2 is 2.18 bits per heavy atom. The van der Waals surface area contributed by atoms with Crippen molar-refractivity contribution in [3.05, 3.63) is 24.8 Å². The molecule has 2 aromatic rings. The topological polar surface area (TPSA) is 55.6 Å².